The van der Waals surface area contributed by atoms with E-state index in [1.165, 1.54) is 15.3 Å². The zero-order chi connectivity index (χ0) is 17.6. The molecule has 2 heteroatoms. The van der Waals surface area contributed by atoms with E-state index in [4.69, 9.17) is 0 Å². The third-order valence-corrected chi connectivity index (χ3v) is 5.24. The van der Waals surface area contributed by atoms with Gasteiger partial charge in [0.25, 0.3) is 0 Å². The number of hydrogen-bond donors (Lipinski definition) is 0. The van der Waals surface area contributed by atoms with Gasteiger partial charge < -0.3 is 4.90 Å². The van der Waals surface area contributed by atoms with Crippen LogP contribution in [0, 0.1) is 0 Å². The lowest BCUT2D eigenvalue weighted by atomic mass is 10.2. The SMILES string of the molecule is C(=C\N(c1ccccc1)c1ccccc1)/c1ccc(-c2ccccc2)s1. The molecule has 0 spiro atoms. The fourth-order valence-electron chi connectivity index (χ4n) is 2.85. The van der Waals surface area contributed by atoms with Crippen molar-refractivity contribution in [3.05, 3.63) is 114 Å². The largest absolute Gasteiger partial charge is 0.317 e. The second-order valence-corrected chi connectivity index (χ2v) is 7.04. The molecule has 0 aliphatic carbocycles. The molecule has 0 N–H and O–H groups in total. The molecule has 1 aromatic heterocycles. The van der Waals surface area contributed by atoms with Crippen LogP contribution in [0.25, 0.3) is 16.5 Å². The van der Waals surface area contributed by atoms with Crippen LogP contribution in [0.1, 0.15) is 4.88 Å². The van der Waals surface area contributed by atoms with Gasteiger partial charge in [-0.1, -0.05) is 66.7 Å². The van der Waals surface area contributed by atoms with Crippen molar-refractivity contribution in [2.45, 2.75) is 0 Å². The average Bonchev–Trinajstić information content (AvgIpc) is 3.20. The van der Waals surface area contributed by atoms with Crippen molar-refractivity contribution in [2.24, 2.45) is 0 Å². The first kappa shape index (κ1) is 16.4. The highest BCUT2D eigenvalue weighted by Gasteiger charge is 2.06. The summed E-state index contributed by atoms with van der Waals surface area (Å²) >= 11 is 1.80. The Hall–Kier alpha value is -3.10. The molecule has 3 aromatic carbocycles. The number of anilines is 2. The van der Waals surface area contributed by atoms with E-state index in [2.05, 4.69) is 108 Å². The van der Waals surface area contributed by atoms with Gasteiger partial charge in [0.2, 0.25) is 0 Å². The summed E-state index contributed by atoms with van der Waals surface area (Å²) in [6.45, 7) is 0. The highest BCUT2D eigenvalue weighted by atomic mass is 32.1. The molecule has 126 valence electrons. The summed E-state index contributed by atoms with van der Waals surface area (Å²) < 4.78 is 0. The van der Waals surface area contributed by atoms with Crippen molar-refractivity contribution < 1.29 is 0 Å². The third kappa shape index (κ3) is 3.76. The molecule has 0 saturated carbocycles. The molecule has 0 amide bonds. The van der Waals surface area contributed by atoms with Crippen LogP contribution in [-0.2, 0) is 0 Å². The van der Waals surface area contributed by atoms with Crippen molar-refractivity contribution in [3.63, 3.8) is 0 Å². The monoisotopic (exact) mass is 353 g/mol. The van der Waals surface area contributed by atoms with Gasteiger partial charge in [-0.3, -0.25) is 0 Å². The van der Waals surface area contributed by atoms with Crippen molar-refractivity contribution in [1.29, 1.82) is 0 Å². The Morgan fingerprint density at radius 1 is 0.577 bits per heavy atom. The first-order valence-electron chi connectivity index (χ1n) is 8.63. The lowest BCUT2D eigenvalue weighted by molar-refractivity contribution is 1.29. The van der Waals surface area contributed by atoms with Gasteiger partial charge in [-0.2, -0.15) is 0 Å². The number of benzene rings is 3. The first-order chi connectivity index (χ1) is 12.9. The van der Waals surface area contributed by atoms with Crippen molar-refractivity contribution in [1.82, 2.24) is 0 Å². The topological polar surface area (TPSA) is 3.24 Å². The van der Waals surface area contributed by atoms with Gasteiger partial charge in [0.15, 0.2) is 0 Å². The lowest BCUT2D eigenvalue weighted by Crippen LogP contribution is -2.07. The minimum Gasteiger partial charge on any atom is -0.317 e. The Kier molecular flexibility index (Phi) is 4.95. The maximum atomic E-state index is 2.21. The predicted octanol–water partition coefficient (Wildman–Crippen LogP) is 7.22. The average molecular weight is 353 g/mol. The van der Waals surface area contributed by atoms with Crippen molar-refractivity contribution in [2.75, 3.05) is 4.90 Å². The van der Waals surface area contributed by atoms with Gasteiger partial charge in [0.1, 0.15) is 0 Å². The molecule has 1 nitrogen and oxygen atoms in total. The summed E-state index contributed by atoms with van der Waals surface area (Å²) in [6, 6.07) is 35.7. The quantitative estimate of drug-likeness (QED) is 0.366. The smallest absolute Gasteiger partial charge is 0.0455 e. The van der Waals surface area contributed by atoms with E-state index in [0.29, 0.717) is 0 Å². The number of nitrogens with zero attached hydrogens (tertiary/aromatic N) is 1. The van der Waals surface area contributed by atoms with Crippen LogP contribution in [0.15, 0.2) is 109 Å². The Morgan fingerprint density at radius 3 is 1.69 bits per heavy atom. The first-order valence-corrected chi connectivity index (χ1v) is 9.44. The van der Waals surface area contributed by atoms with E-state index in [1.807, 2.05) is 12.1 Å². The summed E-state index contributed by atoms with van der Waals surface area (Å²) in [6.07, 6.45) is 4.32. The predicted molar refractivity (Wildman–Crippen MR) is 114 cm³/mol. The Morgan fingerprint density at radius 2 is 1.12 bits per heavy atom. The van der Waals surface area contributed by atoms with Crippen LogP contribution < -0.4 is 4.90 Å². The standard InChI is InChI=1S/C24H19NS/c1-4-10-20(11-5-1)24-17-16-23(26-24)18-19-25(21-12-6-2-7-13-21)22-14-8-3-9-15-22/h1-19H/b19-18+. The molecule has 0 aliphatic rings. The molecule has 4 rings (SSSR count). The lowest BCUT2D eigenvalue weighted by Gasteiger charge is -2.20. The van der Waals surface area contributed by atoms with E-state index in [1.54, 1.807) is 11.3 Å². The number of para-hydroxylation sites is 2. The molecule has 0 fully saturated rings. The maximum absolute atomic E-state index is 2.21. The molecular weight excluding hydrogens is 334 g/mol. The number of thiophene rings is 1. The number of hydrogen-bond acceptors (Lipinski definition) is 2. The van der Waals surface area contributed by atoms with Crippen molar-refractivity contribution >= 4 is 28.8 Å². The molecule has 26 heavy (non-hydrogen) atoms. The van der Waals surface area contributed by atoms with Crippen LogP contribution in [0.5, 0.6) is 0 Å². The molecule has 0 bridgehead atoms. The zero-order valence-corrected chi connectivity index (χ0v) is 15.1. The van der Waals surface area contributed by atoms with Gasteiger partial charge in [-0.25, -0.2) is 0 Å². The van der Waals surface area contributed by atoms with Crippen LogP contribution in [0.2, 0.25) is 0 Å². The minimum absolute atomic E-state index is 1.15. The van der Waals surface area contributed by atoms with Gasteiger partial charge >= 0.3 is 0 Å². The zero-order valence-electron chi connectivity index (χ0n) is 14.3. The minimum atomic E-state index is 1.15. The molecule has 0 aliphatic heterocycles. The molecular formula is C24H19NS. The Balaban J connectivity index is 1.63. The third-order valence-electron chi connectivity index (χ3n) is 4.14. The summed E-state index contributed by atoms with van der Waals surface area (Å²) in [5, 5.41) is 0. The highest BCUT2D eigenvalue weighted by Crippen LogP contribution is 2.30. The molecule has 4 aromatic rings. The second kappa shape index (κ2) is 7.85. The molecule has 0 unspecified atom stereocenters. The van der Waals surface area contributed by atoms with E-state index in [0.717, 1.165) is 11.4 Å². The van der Waals surface area contributed by atoms with Gasteiger partial charge in [-0.05, 0) is 48.0 Å². The maximum Gasteiger partial charge on any atom is 0.0455 e. The molecule has 0 saturated heterocycles. The van der Waals surface area contributed by atoms with E-state index >= 15 is 0 Å². The highest BCUT2D eigenvalue weighted by molar-refractivity contribution is 7.16. The van der Waals surface area contributed by atoms with E-state index in [9.17, 15) is 0 Å². The summed E-state index contributed by atoms with van der Waals surface area (Å²) in [5.74, 6) is 0. The van der Waals surface area contributed by atoms with Crippen molar-refractivity contribution in [3.8, 4) is 10.4 Å². The second-order valence-electron chi connectivity index (χ2n) is 5.92. The van der Waals surface area contributed by atoms with E-state index in [-0.39, 0.29) is 0 Å². The van der Waals surface area contributed by atoms with Crippen LogP contribution >= 0.6 is 11.3 Å². The van der Waals surface area contributed by atoms with Gasteiger partial charge in [0, 0.05) is 27.3 Å². The molecule has 0 radical (unpaired) electrons. The fraction of sp³-hybridized carbons (Fsp3) is 0. The summed E-state index contributed by atoms with van der Waals surface area (Å²) in [7, 11) is 0. The summed E-state index contributed by atoms with van der Waals surface area (Å²) in [4.78, 5) is 4.74. The Labute approximate surface area is 158 Å². The summed E-state index contributed by atoms with van der Waals surface area (Å²) in [5.41, 5.74) is 3.56. The van der Waals surface area contributed by atoms with Gasteiger partial charge in [0.05, 0.1) is 0 Å². The van der Waals surface area contributed by atoms with Crippen LogP contribution in [0.4, 0.5) is 11.4 Å². The van der Waals surface area contributed by atoms with Crippen LogP contribution in [-0.4, -0.2) is 0 Å². The molecule has 0 atom stereocenters. The van der Waals surface area contributed by atoms with E-state index < -0.39 is 0 Å². The molecule has 1 heterocycles. The normalized spacial score (nSPS) is 10.9. The Bertz CT molecular complexity index is 933. The van der Waals surface area contributed by atoms with Gasteiger partial charge in [-0.15, -0.1) is 11.3 Å². The number of rotatable bonds is 5. The fourth-order valence-corrected chi connectivity index (χ4v) is 3.76. The van der Waals surface area contributed by atoms with Crippen LogP contribution in [0.3, 0.4) is 0 Å².